The normalized spacial score (nSPS) is 19.8. The maximum absolute atomic E-state index is 12.4. The number of amides is 2. The van der Waals surface area contributed by atoms with Gasteiger partial charge in [-0.15, -0.1) is 5.10 Å². The number of carbonyl (C=O) groups is 2. The van der Waals surface area contributed by atoms with E-state index in [-0.39, 0.29) is 17.7 Å². The maximum atomic E-state index is 12.4. The molecule has 1 aliphatic heterocycles. The van der Waals surface area contributed by atoms with Crippen molar-refractivity contribution in [1.82, 2.24) is 19.8 Å². The molecule has 7 heteroatoms. The monoisotopic (exact) mass is 322 g/mol. The number of rotatable bonds is 4. The molecule has 0 spiro atoms. The van der Waals surface area contributed by atoms with Gasteiger partial charge in [0.1, 0.15) is 4.88 Å². The fraction of sp³-hybridized carbons (Fsp3) is 0.733. The van der Waals surface area contributed by atoms with Gasteiger partial charge in [0, 0.05) is 25.6 Å². The van der Waals surface area contributed by atoms with Gasteiger partial charge in [0.15, 0.2) is 0 Å². The molecule has 0 unspecified atom stereocenters. The van der Waals surface area contributed by atoms with E-state index in [9.17, 15) is 9.59 Å². The van der Waals surface area contributed by atoms with Gasteiger partial charge in [0.2, 0.25) is 5.91 Å². The minimum absolute atomic E-state index is 0.0458. The minimum atomic E-state index is 0.0458. The first kappa shape index (κ1) is 15.4. The number of likely N-dealkylation sites (tertiary alicyclic amines) is 1. The van der Waals surface area contributed by atoms with Gasteiger partial charge in [0.05, 0.1) is 5.69 Å². The Labute approximate surface area is 134 Å². The van der Waals surface area contributed by atoms with Gasteiger partial charge < -0.3 is 10.2 Å². The Balaban J connectivity index is 1.43. The Morgan fingerprint density at radius 1 is 1.27 bits per heavy atom. The molecule has 0 aromatic carbocycles. The first-order valence-electron chi connectivity index (χ1n) is 8.01. The molecular weight excluding hydrogens is 300 g/mol. The van der Waals surface area contributed by atoms with Crippen molar-refractivity contribution in [3.05, 3.63) is 10.6 Å². The van der Waals surface area contributed by atoms with Crippen LogP contribution in [0.2, 0.25) is 0 Å². The van der Waals surface area contributed by atoms with Crippen LogP contribution in [0.3, 0.4) is 0 Å². The zero-order chi connectivity index (χ0) is 15.5. The number of nitrogens with zero attached hydrogens (tertiary/aromatic N) is 3. The van der Waals surface area contributed by atoms with Crippen LogP contribution in [0.4, 0.5) is 0 Å². The van der Waals surface area contributed by atoms with Crippen molar-refractivity contribution in [2.75, 3.05) is 19.6 Å². The number of piperidine rings is 1. The molecule has 0 radical (unpaired) electrons. The molecule has 1 N–H and O–H groups in total. The van der Waals surface area contributed by atoms with Gasteiger partial charge in [-0.25, -0.2) is 0 Å². The van der Waals surface area contributed by atoms with E-state index in [0.717, 1.165) is 45.3 Å². The standard InChI is InChI=1S/C15H22N4O2S/c1-10-13(22-18-17-10)15(21)19-7-5-11(6-8-19)9-16-14(20)12-3-2-4-12/h11-12H,2-9H2,1H3,(H,16,20). The minimum Gasteiger partial charge on any atom is -0.356 e. The molecule has 1 saturated carbocycles. The van der Waals surface area contributed by atoms with Crippen LogP contribution in [-0.2, 0) is 4.79 Å². The van der Waals surface area contributed by atoms with E-state index in [4.69, 9.17) is 0 Å². The van der Waals surface area contributed by atoms with Crippen molar-refractivity contribution in [2.24, 2.45) is 11.8 Å². The Morgan fingerprint density at radius 2 is 2.00 bits per heavy atom. The molecule has 1 aromatic heterocycles. The molecule has 120 valence electrons. The van der Waals surface area contributed by atoms with E-state index in [1.807, 2.05) is 11.8 Å². The quantitative estimate of drug-likeness (QED) is 0.914. The van der Waals surface area contributed by atoms with Crippen molar-refractivity contribution in [1.29, 1.82) is 0 Å². The van der Waals surface area contributed by atoms with Crippen LogP contribution in [0, 0.1) is 18.8 Å². The van der Waals surface area contributed by atoms with Gasteiger partial charge in [-0.2, -0.15) is 0 Å². The first-order valence-corrected chi connectivity index (χ1v) is 8.78. The van der Waals surface area contributed by atoms with Crippen LogP contribution in [0.5, 0.6) is 0 Å². The van der Waals surface area contributed by atoms with E-state index in [1.165, 1.54) is 18.0 Å². The van der Waals surface area contributed by atoms with Gasteiger partial charge >= 0.3 is 0 Å². The highest BCUT2D eigenvalue weighted by molar-refractivity contribution is 7.07. The average molecular weight is 322 g/mol. The highest BCUT2D eigenvalue weighted by atomic mass is 32.1. The SMILES string of the molecule is Cc1nnsc1C(=O)N1CCC(CNC(=O)C2CCC2)CC1. The fourth-order valence-electron chi connectivity index (χ4n) is 2.97. The van der Waals surface area contributed by atoms with Gasteiger partial charge in [-0.3, -0.25) is 9.59 Å². The highest BCUT2D eigenvalue weighted by Crippen LogP contribution is 2.26. The van der Waals surface area contributed by atoms with Crippen molar-refractivity contribution in [3.8, 4) is 0 Å². The van der Waals surface area contributed by atoms with E-state index in [0.29, 0.717) is 16.5 Å². The summed E-state index contributed by atoms with van der Waals surface area (Å²) in [4.78, 5) is 26.8. The fourth-order valence-corrected chi connectivity index (χ4v) is 3.60. The topological polar surface area (TPSA) is 75.2 Å². The van der Waals surface area contributed by atoms with E-state index in [2.05, 4.69) is 14.9 Å². The molecule has 2 heterocycles. The van der Waals surface area contributed by atoms with E-state index in [1.54, 1.807) is 0 Å². The summed E-state index contributed by atoms with van der Waals surface area (Å²) in [6.07, 6.45) is 5.16. The third kappa shape index (κ3) is 3.29. The number of carbonyl (C=O) groups excluding carboxylic acids is 2. The van der Waals surface area contributed by atoms with E-state index >= 15 is 0 Å². The second-order valence-electron chi connectivity index (χ2n) is 6.30. The summed E-state index contributed by atoms with van der Waals surface area (Å²) in [5.41, 5.74) is 0.713. The van der Waals surface area contributed by atoms with Crippen LogP contribution in [0.15, 0.2) is 0 Å². The second-order valence-corrected chi connectivity index (χ2v) is 7.05. The summed E-state index contributed by atoms with van der Waals surface area (Å²) in [7, 11) is 0. The van der Waals surface area contributed by atoms with Crippen LogP contribution in [-0.4, -0.2) is 45.9 Å². The van der Waals surface area contributed by atoms with Crippen LogP contribution in [0.25, 0.3) is 0 Å². The van der Waals surface area contributed by atoms with Crippen molar-refractivity contribution < 1.29 is 9.59 Å². The molecule has 0 bridgehead atoms. The smallest absolute Gasteiger partial charge is 0.267 e. The van der Waals surface area contributed by atoms with Crippen LogP contribution < -0.4 is 5.32 Å². The Bertz CT molecular complexity index is 547. The number of hydrogen-bond donors (Lipinski definition) is 1. The third-order valence-corrected chi connectivity index (χ3v) is 5.60. The molecule has 2 fully saturated rings. The van der Waals surface area contributed by atoms with Crippen LogP contribution >= 0.6 is 11.5 Å². The zero-order valence-corrected chi connectivity index (χ0v) is 13.7. The summed E-state index contributed by atoms with van der Waals surface area (Å²) >= 11 is 1.17. The summed E-state index contributed by atoms with van der Waals surface area (Å²) in [6.45, 7) is 4.07. The molecule has 22 heavy (non-hydrogen) atoms. The largest absolute Gasteiger partial charge is 0.356 e. The lowest BCUT2D eigenvalue weighted by molar-refractivity contribution is -0.127. The molecule has 1 saturated heterocycles. The Morgan fingerprint density at radius 3 is 2.55 bits per heavy atom. The molecule has 0 atom stereocenters. The third-order valence-electron chi connectivity index (χ3n) is 4.79. The van der Waals surface area contributed by atoms with E-state index < -0.39 is 0 Å². The summed E-state index contributed by atoms with van der Waals surface area (Å²) < 4.78 is 3.83. The second kappa shape index (κ2) is 6.73. The molecule has 1 aliphatic carbocycles. The van der Waals surface area contributed by atoms with Crippen molar-refractivity contribution in [3.63, 3.8) is 0 Å². The predicted molar refractivity (Wildman–Crippen MR) is 83.6 cm³/mol. The molecular formula is C15H22N4O2S. The lowest BCUT2D eigenvalue weighted by Crippen LogP contribution is -2.43. The van der Waals surface area contributed by atoms with Crippen molar-refractivity contribution >= 4 is 23.3 Å². The van der Waals surface area contributed by atoms with Crippen LogP contribution in [0.1, 0.15) is 47.5 Å². The predicted octanol–water partition coefficient (Wildman–Crippen LogP) is 1.62. The van der Waals surface area contributed by atoms with Gasteiger partial charge in [-0.05, 0) is 50.1 Å². The number of aromatic nitrogens is 2. The van der Waals surface area contributed by atoms with Gasteiger partial charge in [0.25, 0.3) is 5.91 Å². The molecule has 1 aromatic rings. The average Bonchev–Trinajstić information content (AvgIpc) is 2.89. The molecule has 2 aliphatic rings. The number of aryl methyl sites for hydroxylation is 1. The lowest BCUT2D eigenvalue weighted by atomic mass is 9.84. The molecule has 3 rings (SSSR count). The number of nitrogens with one attached hydrogen (secondary N) is 1. The Hall–Kier alpha value is -1.50. The summed E-state index contributed by atoms with van der Waals surface area (Å²) in [5, 5.41) is 6.97. The summed E-state index contributed by atoms with van der Waals surface area (Å²) in [6, 6.07) is 0. The Kier molecular flexibility index (Phi) is 4.71. The van der Waals surface area contributed by atoms with Gasteiger partial charge in [-0.1, -0.05) is 10.9 Å². The first-order chi connectivity index (χ1) is 10.6. The van der Waals surface area contributed by atoms with Crippen molar-refractivity contribution in [2.45, 2.75) is 39.0 Å². The lowest BCUT2D eigenvalue weighted by Gasteiger charge is -2.32. The molecule has 2 amide bonds. The number of hydrogen-bond acceptors (Lipinski definition) is 5. The zero-order valence-electron chi connectivity index (χ0n) is 12.9. The summed E-state index contributed by atoms with van der Waals surface area (Å²) in [5.74, 6) is 0.998. The highest BCUT2D eigenvalue weighted by Gasteiger charge is 2.28. The molecule has 6 nitrogen and oxygen atoms in total. The maximum Gasteiger partial charge on any atom is 0.267 e.